The number of hydrazine groups is 1. The zero-order valence-electron chi connectivity index (χ0n) is 12.8. The third-order valence-corrected chi connectivity index (χ3v) is 3.75. The van der Waals surface area contributed by atoms with Crippen LogP contribution in [0.2, 0.25) is 0 Å². The molecule has 0 atom stereocenters. The van der Waals surface area contributed by atoms with Gasteiger partial charge in [0.15, 0.2) is 5.13 Å². The van der Waals surface area contributed by atoms with Crippen LogP contribution in [0.5, 0.6) is 0 Å². The van der Waals surface area contributed by atoms with Crippen molar-refractivity contribution in [1.29, 1.82) is 0 Å². The van der Waals surface area contributed by atoms with Crippen molar-refractivity contribution < 1.29 is 9.85 Å². The van der Waals surface area contributed by atoms with E-state index in [4.69, 9.17) is 0 Å². The van der Waals surface area contributed by atoms with Crippen molar-refractivity contribution in [2.24, 2.45) is 0 Å². The molecule has 0 radical (unpaired) electrons. The molecule has 3 aromatic rings. The van der Waals surface area contributed by atoms with Gasteiger partial charge in [-0.3, -0.25) is 31.1 Å². The highest BCUT2D eigenvalue weighted by Gasteiger charge is 2.23. The summed E-state index contributed by atoms with van der Waals surface area (Å²) in [5, 5.41) is 27.0. The minimum Gasteiger partial charge on any atom is -0.310 e. The van der Waals surface area contributed by atoms with Crippen LogP contribution in [0.25, 0.3) is 0 Å². The van der Waals surface area contributed by atoms with E-state index < -0.39 is 9.85 Å². The second kappa shape index (κ2) is 7.35. The Bertz CT molecular complexity index is 932. The third kappa shape index (κ3) is 3.78. The summed E-state index contributed by atoms with van der Waals surface area (Å²) >= 11 is 1.26. The first-order valence-corrected chi connectivity index (χ1v) is 7.85. The molecule has 0 aliphatic heterocycles. The summed E-state index contributed by atoms with van der Waals surface area (Å²) < 4.78 is 0. The van der Waals surface area contributed by atoms with Crippen molar-refractivity contribution in [1.82, 2.24) is 15.0 Å². The van der Waals surface area contributed by atoms with E-state index in [2.05, 4.69) is 31.1 Å². The van der Waals surface area contributed by atoms with Crippen LogP contribution in [0.4, 0.5) is 33.8 Å². The van der Waals surface area contributed by atoms with Gasteiger partial charge in [0.1, 0.15) is 6.33 Å². The molecule has 0 saturated heterocycles. The first kappa shape index (κ1) is 17.0. The van der Waals surface area contributed by atoms with Crippen molar-refractivity contribution in [2.75, 3.05) is 16.2 Å². The highest BCUT2D eigenvalue weighted by molar-refractivity contribution is 7.13. The molecular weight excluding hydrogens is 364 g/mol. The molecule has 2 heterocycles. The Morgan fingerprint density at radius 1 is 0.923 bits per heavy atom. The Hall–Kier alpha value is -3.87. The number of nitro groups is 2. The van der Waals surface area contributed by atoms with Gasteiger partial charge in [-0.15, -0.1) is 11.3 Å². The highest BCUT2D eigenvalue weighted by atomic mass is 32.1. The van der Waals surface area contributed by atoms with Gasteiger partial charge in [-0.2, -0.15) is 0 Å². The molecule has 3 rings (SSSR count). The van der Waals surface area contributed by atoms with Crippen LogP contribution in [0.15, 0.2) is 42.2 Å². The lowest BCUT2D eigenvalue weighted by Gasteiger charge is -2.10. The number of hydrogen-bond donors (Lipinski definition) is 3. The zero-order valence-corrected chi connectivity index (χ0v) is 13.6. The number of benzene rings is 1. The number of nitro benzene ring substituents is 1. The molecule has 132 valence electrons. The highest BCUT2D eigenvalue weighted by Crippen LogP contribution is 2.31. The largest absolute Gasteiger partial charge is 0.355 e. The maximum Gasteiger partial charge on any atom is 0.355 e. The summed E-state index contributed by atoms with van der Waals surface area (Å²) in [4.78, 5) is 32.7. The number of rotatable bonds is 7. The van der Waals surface area contributed by atoms with Crippen molar-refractivity contribution >= 4 is 45.2 Å². The van der Waals surface area contributed by atoms with Gasteiger partial charge in [-0.1, -0.05) is 0 Å². The van der Waals surface area contributed by atoms with E-state index in [1.165, 1.54) is 35.6 Å². The van der Waals surface area contributed by atoms with Crippen molar-refractivity contribution in [2.45, 2.75) is 0 Å². The Labute approximate surface area is 149 Å². The molecular formula is C13H10N8O4S. The standard InChI is InChI=1S/C13H10N8O4S/c22-20(23)9-3-1-8(2-4-9)18-19-12-10(21(24)25)11(15-7-16-12)17-13-14-5-6-26-13/h1-7,18H,(H2,14,15,16,17,19). The second-order valence-corrected chi connectivity index (χ2v) is 5.59. The predicted molar refractivity (Wildman–Crippen MR) is 94.4 cm³/mol. The van der Waals surface area contributed by atoms with Crippen molar-refractivity contribution in [3.05, 3.63) is 62.4 Å². The van der Waals surface area contributed by atoms with Crippen LogP contribution in [-0.4, -0.2) is 24.8 Å². The van der Waals surface area contributed by atoms with E-state index >= 15 is 0 Å². The number of non-ortho nitro benzene ring substituents is 1. The normalized spacial score (nSPS) is 10.2. The van der Waals surface area contributed by atoms with Crippen LogP contribution >= 0.6 is 11.3 Å². The second-order valence-electron chi connectivity index (χ2n) is 4.69. The fraction of sp³-hybridized carbons (Fsp3) is 0. The Morgan fingerprint density at radius 2 is 1.65 bits per heavy atom. The number of hydrogen-bond acceptors (Lipinski definition) is 11. The number of nitrogens with one attached hydrogen (secondary N) is 3. The summed E-state index contributed by atoms with van der Waals surface area (Å²) in [6.45, 7) is 0. The van der Waals surface area contributed by atoms with Crippen molar-refractivity contribution in [3.8, 4) is 0 Å². The number of nitrogens with zero attached hydrogens (tertiary/aromatic N) is 5. The van der Waals surface area contributed by atoms with Crippen LogP contribution < -0.4 is 16.2 Å². The number of anilines is 4. The summed E-state index contributed by atoms with van der Waals surface area (Å²) in [6.07, 6.45) is 2.71. The van der Waals surface area contributed by atoms with Crippen LogP contribution in [-0.2, 0) is 0 Å². The molecule has 0 spiro atoms. The fourth-order valence-corrected chi connectivity index (χ4v) is 2.45. The van der Waals surface area contributed by atoms with E-state index in [0.29, 0.717) is 10.8 Å². The smallest absolute Gasteiger partial charge is 0.310 e. The molecule has 12 nitrogen and oxygen atoms in total. The lowest BCUT2D eigenvalue weighted by atomic mass is 10.3. The summed E-state index contributed by atoms with van der Waals surface area (Å²) in [5.74, 6) is -0.102. The van der Waals surface area contributed by atoms with Gasteiger partial charge in [-0.25, -0.2) is 15.0 Å². The van der Waals surface area contributed by atoms with E-state index in [1.54, 1.807) is 11.6 Å². The zero-order chi connectivity index (χ0) is 18.5. The SMILES string of the molecule is O=[N+]([O-])c1ccc(NNc2ncnc(Nc3nccs3)c2[N+](=O)[O-])cc1. The molecule has 2 aromatic heterocycles. The minimum absolute atomic E-state index is 0.0204. The van der Waals surface area contributed by atoms with Crippen LogP contribution in [0, 0.1) is 20.2 Å². The molecule has 0 aliphatic carbocycles. The molecule has 0 amide bonds. The molecule has 1 aromatic carbocycles. The quantitative estimate of drug-likeness (QED) is 0.414. The maximum atomic E-state index is 11.4. The summed E-state index contributed by atoms with van der Waals surface area (Å²) in [5.41, 5.74) is 5.32. The molecule has 0 saturated carbocycles. The monoisotopic (exact) mass is 374 g/mol. The topological polar surface area (TPSA) is 161 Å². The summed E-state index contributed by atoms with van der Waals surface area (Å²) in [7, 11) is 0. The van der Waals surface area contributed by atoms with Gasteiger partial charge in [-0.05, 0) is 12.1 Å². The molecule has 0 aliphatic rings. The lowest BCUT2D eigenvalue weighted by molar-refractivity contribution is -0.384. The fourth-order valence-electron chi connectivity index (χ4n) is 1.92. The number of aromatic nitrogens is 3. The average molecular weight is 374 g/mol. The average Bonchev–Trinajstić information content (AvgIpc) is 3.13. The van der Waals surface area contributed by atoms with Gasteiger partial charge in [0, 0.05) is 23.7 Å². The maximum absolute atomic E-state index is 11.4. The van der Waals surface area contributed by atoms with Gasteiger partial charge in [0.25, 0.3) is 5.69 Å². The molecule has 0 bridgehead atoms. The van der Waals surface area contributed by atoms with Gasteiger partial charge >= 0.3 is 5.69 Å². The van der Waals surface area contributed by atoms with Gasteiger partial charge < -0.3 is 5.32 Å². The van der Waals surface area contributed by atoms with E-state index in [9.17, 15) is 20.2 Å². The van der Waals surface area contributed by atoms with E-state index in [1.807, 2.05) is 0 Å². The Kier molecular flexibility index (Phi) is 4.80. The van der Waals surface area contributed by atoms with Crippen LogP contribution in [0.1, 0.15) is 0 Å². The summed E-state index contributed by atoms with van der Waals surface area (Å²) in [6, 6.07) is 5.50. The molecule has 0 fully saturated rings. The van der Waals surface area contributed by atoms with Gasteiger partial charge in [0.2, 0.25) is 11.6 Å². The van der Waals surface area contributed by atoms with Gasteiger partial charge in [0.05, 0.1) is 15.5 Å². The first-order chi connectivity index (χ1) is 12.5. The number of thiazole rings is 1. The van der Waals surface area contributed by atoms with E-state index in [-0.39, 0.29) is 23.0 Å². The molecule has 3 N–H and O–H groups in total. The minimum atomic E-state index is -0.629. The first-order valence-electron chi connectivity index (χ1n) is 6.97. The molecule has 13 heteroatoms. The molecule has 0 unspecified atom stereocenters. The molecule has 26 heavy (non-hydrogen) atoms. The third-order valence-electron chi connectivity index (χ3n) is 3.07. The predicted octanol–water partition coefficient (Wildman–Crippen LogP) is 2.93. The van der Waals surface area contributed by atoms with Crippen molar-refractivity contribution in [3.63, 3.8) is 0 Å². The Balaban J connectivity index is 1.80. The van der Waals surface area contributed by atoms with Crippen LogP contribution in [0.3, 0.4) is 0 Å². The Morgan fingerprint density at radius 3 is 2.27 bits per heavy atom. The lowest BCUT2D eigenvalue weighted by Crippen LogP contribution is -2.13. The van der Waals surface area contributed by atoms with E-state index in [0.717, 1.165) is 6.33 Å².